The SMILES string of the molecule is O=C(Cc1cccc2ccccc12)OCCOCCO. The number of aliphatic hydroxyl groups excluding tert-OH is 1. The fourth-order valence-electron chi connectivity index (χ4n) is 2.03. The summed E-state index contributed by atoms with van der Waals surface area (Å²) in [6.45, 7) is 0.760. The largest absolute Gasteiger partial charge is 0.463 e. The molecule has 0 aliphatic heterocycles. The summed E-state index contributed by atoms with van der Waals surface area (Å²) >= 11 is 0. The second-order valence-electron chi connectivity index (χ2n) is 4.37. The highest BCUT2D eigenvalue weighted by molar-refractivity contribution is 5.88. The van der Waals surface area contributed by atoms with Crippen LogP contribution in [0.5, 0.6) is 0 Å². The third-order valence-electron chi connectivity index (χ3n) is 2.94. The van der Waals surface area contributed by atoms with Crippen molar-refractivity contribution in [3.8, 4) is 0 Å². The van der Waals surface area contributed by atoms with Crippen LogP contribution in [0.2, 0.25) is 0 Å². The molecule has 0 bridgehead atoms. The first-order chi connectivity index (χ1) is 9.81. The Morgan fingerprint density at radius 2 is 1.80 bits per heavy atom. The molecule has 0 heterocycles. The van der Waals surface area contributed by atoms with Gasteiger partial charge in [0.2, 0.25) is 0 Å². The summed E-state index contributed by atoms with van der Waals surface area (Å²) in [7, 11) is 0. The average Bonchev–Trinajstić information content (AvgIpc) is 2.47. The zero-order valence-electron chi connectivity index (χ0n) is 11.2. The van der Waals surface area contributed by atoms with E-state index in [0.717, 1.165) is 16.3 Å². The van der Waals surface area contributed by atoms with Gasteiger partial charge in [0.25, 0.3) is 0 Å². The normalized spacial score (nSPS) is 10.7. The molecule has 2 aromatic carbocycles. The van der Waals surface area contributed by atoms with Crippen LogP contribution >= 0.6 is 0 Å². The lowest BCUT2D eigenvalue weighted by Crippen LogP contribution is -2.13. The summed E-state index contributed by atoms with van der Waals surface area (Å²) in [5.74, 6) is -0.269. The Labute approximate surface area is 117 Å². The molecule has 0 saturated carbocycles. The van der Waals surface area contributed by atoms with Gasteiger partial charge in [-0.05, 0) is 16.3 Å². The van der Waals surface area contributed by atoms with Crippen LogP contribution in [-0.2, 0) is 20.7 Å². The summed E-state index contributed by atoms with van der Waals surface area (Å²) in [6.07, 6.45) is 0.251. The molecule has 0 aromatic heterocycles. The first-order valence-corrected chi connectivity index (χ1v) is 6.62. The molecule has 0 spiro atoms. The fourth-order valence-corrected chi connectivity index (χ4v) is 2.03. The molecule has 4 nitrogen and oxygen atoms in total. The molecule has 0 radical (unpaired) electrons. The Kier molecular flexibility index (Phi) is 5.53. The molecule has 0 saturated heterocycles. The summed E-state index contributed by atoms with van der Waals surface area (Å²) in [5, 5.41) is 10.7. The van der Waals surface area contributed by atoms with Gasteiger partial charge in [0.1, 0.15) is 6.61 Å². The maximum Gasteiger partial charge on any atom is 0.310 e. The second kappa shape index (κ2) is 7.62. The van der Waals surface area contributed by atoms with Crippen molar-refractivity contribution in [3.63, 3.8) is 0 Å². The lowest BCUT2D eigenvalue weighted by atomic mass is 10.0. The van der Waals surface area contributed by atoms with Gasteiger partial charge < -0.3 is 14.6 Å². The van der Waals surface area contributed by atoms with E-state index in [9.17, 15) is 4.79 Å². The van der Waals surface area contributed by atoms with Crippen molar-refractivity contribution in [1.82, 2.24) is 0 Å². The molecule has 0 amide bonds. The zero-order valence-corrected chi connectivity index (χ0v) is 11.2. The fraction of sp³-hybridized carbons (Fsp3) is 0.312. The number of carbonyl (C=O) groups is 1. The minimum Gasteiger partial charge on any atom is -0.463 e. The van der Waals surface area contributed by atoms with Crippen LogP contribution in [0, 0.1) is 0 Å². The van der Waals surface area contributed by atoms with Gasteiger partial charge in [0.15, 0.2) is 0 Å². The predicted molar refractivity (Wildman–Crippen MR) is 76.5 cm³/mol. The highest BCUT2D eigenvalue weighted by Crippen LogP contribution is 2.19. The zero-order chi connectivity index (χ0) is 14.2. The van der Waals surface area contributed by atoms with Crippen LogP contribution in [0.1, 0.15) is 5.56 Å². The number of hydrogen-bond acceptors (Lipinski definition) is 4. The Morgan fingerprint density at radius 1 is 1.00 bits per heavy atom. The van der Waals surface area contributed by atoms with Gasteiger partial charge in [0, 0.05) is 0 Å². The number of benzene rings is 2. The molecule has 0 unspecified atom stereocenters. The highest BCUT2D eigenvalue weighted by Gasteiger charge is 2.07. The van der Waals surface area contributed by atoms with E-state index in [0.29, 0.717) is 6.61 Å². The van der Waals surface area contributed by atoms with Gasteiger partial charge in [-0.2, -0.15) is 0 Å². The van der Waals surface area contributed by atoms with E-state index in [2.05, 4.69) is 0 Å². The van der Waals surface area contributed by atoms with Gasteiger partial charge in [-0.15, -0.1) is 0 Å². The summed E-state index contributed by atoms with van der Waals surface area (Å²) in [6, 6.07) is 13.9. The average molecular weight is 274 g/mol. The van der Waals surface area contributed by atoms with Crippen molar-refractivity contribution in [3.05, 3.63) is 48.0 Å². The molecular weight excluding hydrogens is 256 g/mol. The lowest BCUT2D eigenvalue weighted by Gasteiger charge is -2.07. The Bertz CT molecular complexity index is 560. The Morgan fingerprint density at radius 3 is 2.65 bits per heavy atom. The molecular formula is C16H18O4. The third kappa shape index (κ3) is 4.05. The number of fused-ring (bicyclic) bond motifs is 1. The van der Waals surface area contributed by atoms with Crippen LogP contribution in [0.4, 0.5) is 0 Å². The van der Waals surface area contributed by atoms with Crippen molar-refractivity contribution < 1.29 is 19.4 Å². The quantitative estimate of drug-likeness (QED) is 0.619. The minimum absolute atomic E-state index is 0.0239. The van der Waals surface area contributed by atoms with Gasteiger partial charge in [-0.3, -0.25) is 4.79 Å². The molecule has 0 fully saturated rings. The number of hydrogen-bond donors (Lipinski definition) is 1. The number of carbonyl (C=O) groups excluding carboxylic acids is 1. The van der Waals surface area contributed by atoms with Crippen molar-refractivity contribution in [1.29, 1.82) is 0 Å². The molecule has 0 aliphatic carbocycles. The summed E-state index contributed by atoms with van der Waals surface area (Å²) in [5.41, 5.74) is 0.962. The van der Waals surface area contributed by atoms with Gasteiger partial charge in [-0.25, -0.2) is 0 Å². The number of rotatable bonds is 7. The first-order valence-electron chi connectivity index (χ1n) is 6.62. The number of esters is 1. The lowest BCUT2D eigenvalue weighted by molar-refractivity contribution is -0.144. The van der Waals surface area contributed by atoms with Crippen LogP contribution in [-0.4, -0.2) is 37.5 Å². The monoisotopic (exact) mass is 274 g/mol. The van der Waals surface area contributed by atoms with Crippen molar-refractivity contribution in [2.75, 3.05) is 26.4 Å². The van der Waals surface area contributed by atoms with E-state index in [4.69, 9.17) is 14.6 Å². The number of aliphatic hydroxyl groups is 1. The maximum absolute atomic E-state index is 11.8. The maximum atomic E-state index is 11.8. The Hall–Kier alpha value is -1.91. The van der Waals surface area contributed by atoms with Crippen molar-refractivity contribution in [2.24, 2.45) is 0 Å². The van der Waals surface area contributed by atoms with Crippen molar-refractivity contribution >= 4 is 16.7 Å². The summed E-state index contributed by atoms with van der Waals surface area (Å²) < 4.78 is 10.1. The van der Waals surface area contributed by atoms with Gasteiger partial charge in [0.05, 0.1) is 26.2 Å². The predicted octanol–water partition coefficient (Wildman–Crippen LogP) is 1.93. The summed E-state index contributed by atoms with van der Waals surface area (Å²) in [4.78, 5) is 11.8. The first kappa shape index (κ1) is 14.5. The molecule has 0 atom stereocenters. The van der Waals surface area contributed by atoms with E-state index in [-0.39, 0.29) is 32.2 Å². The Balaban J connectivity index is 1.90. The van der Waals surface area contributed by atoms with Crippen LogP contribution in [0.3, 0.4) is 0 Å². The molecule has 4 heteroatoms. The van der Waals surface area contributed by atoms with E-state index < -0.39 is 0 Å². The molecule has 20 heavy (non-hydrogen) atoms. The molecule has 2 aromatic rings. The molecule has 1 N–H and O–H groups in total. The van der Waals surface area contributed by atoms with E-state index in [1.54, 1.807) is 0 Å². The standard InChI is InChI=1S/C16H18O4/c17-8-9-19-10-11-20-16(18)12-14-6-3-5-13-4-1-2-7-15(13)14/h1-7,17H,8-12H2. The third-order valence-corrected chi connectivity index (χ3v) is 2.94. The van der Waals surface area contributed by atoms with Crippen molar-refractivity contribution in [2.45, 2.75) is 6.42 Å². The van der Waals surface area contributed by atoms with E-state index in [1.807, 2.05) is 42.5 Å². The van der Waals surface area contributed by atoms with E-state index >= 15 is 0 Å². The highest BCUT2D eigenvalue weighted by atomic mass is 16.6. The van der Waals surface area contributed by atoms with Gasteiger partial charge >= 0.3 is 5.97 Å². The van der Waals surface area contributed by atoms with E-state index in [1.165, 1.54) is 0 Å². The molecule has 106 valence electrons. The van der Waals surface area contributed by atoms with Crippen LogP contribution in [0.25, 0.3) is 10.8 Å². The van der Waals surface area contributed by atoms with Gasteiger partial charge in [-0.1, -0.05) is 42.5 Å². The smallest absolute Gasteiger partial charge is 0.310 e. The molecule has 2 rings (SSSR count). The van der Waals surface area contributed by atoms with Crippen LogP contribution < -0.4 is 0 Å². The minimum atomic E-state index is -0.269. The number of ether oxygens (including phenoxy) is 2. The topological polar surface area (TPSA) is 55.8 Å². The van der Waals surface area contributed by atoms with Crippen LogP contribution in [0.15, 0.2) is 42.5 Å². The second-order valence-corrected chi connectivity index (χ2v) is 4.37. The molecule has 0 aliphatic rings.